The number of nitrogens with one attached hydrogen (secondary N) is 1. The number of hydrogen-bond acceptors (Lipinski definition) is 5. The minimum absolute atomic E-state index is 0.264. The van der Waals surface area contributed by atoms with E-state index >= 15 is 0 Å². The van der Waals surface area contributed by atoms with Crippen molar-refractivity contribution < 1.29 is 10.2 Å². The molecule has 1 aromatic heterocycles. The van der Waals surface area contributed by atoms with Crippen molar-refractivity contribution in [2.24, 2.45) is 0 Å². The van der Waals surface area contributed by atoms with Crippen molar-refractivity contribution in [2.45, 2.75) is 6.10 Å². The van der Waals surface area contributed by atoms with E-state index in [1.807, 2.05) is 48.5 Å². The number of rotatable bonds is 5. The molecule has 0 amide bonds. The summed E-state index contributed by atoms with van der Waals surface area (Å²) in [7, 11) is 0. The number of aromatic nitrogens is 3. The molecular formula is C15H16N4O2. The van der Waals surface area contributed by atoms with E-state index in [0.29, 0.717) is 0 Å². The van der Waals surface area contributed by atoms with E-state index in [4.69, 9.17) is 5.11 Å². The number of aliphatic hydroxyl groups is 2. The Hall–Kier alpha value is -2.44. The molecule has 6 nitrogen and oxygen atoms in total. The second kappa shape index (κ2) is 5.90. The highest BCUT2D eigenvalue weighted by molar-refractivity contribution is 5.78. The molecule has 3 aromatic rings. The molecule has 0 aliphatic rings. The molecule has 0 aliphatic carbocycles. The van der Waals surface area contributed by atoms with E-state index in [2.05, 4.69) is 15.5 Å². The van der Waals surface area contributed by atoms with Gasteiger partial charge in [-0.05, 0) is 30.3 Å². The minimum Gasteiger partial charge on any atom is -0.394 e. The maximum Gasteiger partial charge on any atom is 0.115 e. The van der Waals surface area contributed by atoms with Crippen LogP contribution >= 0.6 is 0 Å². The minimum atomic E-state index is -0.777. The van der Waals surface area contributed by atoms with Gasteiger partial charge in [-0.3, -0.25) is 0 Å². The second-order valence-electron chi connectivity index (χ2n) is 4.75. The number of aliphatic hydroxyl groups excluding tert-OH is 2. The summed E-state index contributed by atoms with van der Waals surface area (Å²) < 4.78 is 0. The Bertz CT molecular complexity index is 727. The van der Waals surface area contributed by atoms with Crippen molar-refractivity contribution in [2.75, 3.05) is 18.5 Å². The summed E-state index contributed by atoms with van der Waals surface area (Å²) in [5, 5.41) is 30.1. The predicted octanol–water partition coefficient (Wildman–Crippen LogP) is 1.19. The van der Waals surface area contributed by atoms with Crippen LogP contribution in [-0.2, 0) is 0 Å². The Morgan fingerprint density at radius 1 is 1.05 bits per heavy atom. The average Bonchev–Trinajstić information content (AvgIpc) is 2.96. The predicted molar refractivity (Wildman–Crippen MR) is 80.4 cm³/mol. The number of para-hydroxylation sites is 1. The van der Waals surface area contributed by atoms with Crippen LogP contribution in [0.4, 0.5) is 5.69 Å². The zero-order chi connectivity index (χ0) is 14.7. The van der Waals surface area contributed by atoms with Gasteiger partial charge in [0.05, 0.1) is 18.4 Å². The molecule has 108 valence electrons. The maximum absolute atomic E-state index is 9.34. The SMILES string of the molecule is OCC(O)CNc1ccc2nn(-c3ccccc3)nc2c1. The molecule has 1 heterocycles. The van der Waals surface area contributed by atoms with Gasteiger partial charge < -0.3 is 15.5 Å². The lowest BCUT2D eigenvalue weighted by molar-refractivity contribution is 0.105. The molecule has 0 bridgehead atoms. The van der Waals surface area contributed by atoms with E-state index in [0.717, 1.165) is 22.4 Å². The molecule has 0 fully saturated rings. The molecule has 3 N–H and O–H groups in total. The van der Waals surface area contributed by atoms with Crippen molar-refractivity contribution in [3.8, 4) is 5.69 Å². The van der Waals surface area contributed by atoms with Gasteiger partial charge in [0.2, 0.25) is 0 Å². The van der Waals surface area contributed by atoms with E-state index in [-0.39, 0.29) is 13.2 Å². The Balaban J connectivity index is 1.85. The standard InChI is InChI=1S/C15H16N4O2/c20-10-13(21)9-16-11-6-7-14-15(8-11)18-19(17-14)12-4-2-1-3-5-12/h1-8,13,16,20-21H,9-10H2. The van der Waals surface area contributed by atoms with Crippen LogP contribution in [0.3, 0.4) is 0 Å². The Morgan fingerprint density at radius 2 is 1.81 bits per heavy atom. The highest BCUT2D eigenvalue weighted by atomic mass is 16.3. The highest BCUT2D eigenvalue weighted by Crippen LogP contribution is 2.17. The smallest absolute Gasteiger partial charge is 0.115 e. The number of fused-ring (bicyclic) bond motifs is 1. The fourth-order valence-corrected chi connectivity index (χ4v) is 2.00. The number of anilines is 1. The average molecular weight is 284 g/mol. The first-order valence-electron chi connectivity index (χ1n) is 6.71. The molecule has 21 heavy (non-hydrogen) atoms. The van der Waals surface area contributed by atoms with Gasteiger partial charge >= 0.3 is 0 Å². The van der Waals surface area contributed by atoms with Crippen LogP contribution in [0.1, 0.15) is 0 Å². The Kier molecular flexibility index (Phi) is 3.81. The van der Waals surface area contributed by atoms with Crippen molar-refractivity contribution in [3.05, 3.63) is 48.5 Å². The van der Waals surface area contributed by atoms with E-state index in [1.165, 1.54) is 0 Å². The quantitative estimate of drug-likeness (QED) is 0.655. The zero-order valence-electron chi connectivity index (χ0n) is 11.3. The van der Waals surface area contributed by atoms with Gasteiger partial charge in [-0.2, -0.15) is 4.80 Å². The van der Waals surface area contributed by atoms with Crippen LogP contribution in [0.5, 0.6) is 0 Å². The Labute approximate surface area is 121 Å². The third-order valence-corrected chi connectivity index (χ3v) is 3.12. The van der Waals surface area contributed by atoms with Gasteiger partial charge in [0.1, 0.15) is 11.0 Å². The molecule has 3 rings (SSSR count). The summed E-state index contributed by atoms with van der Waals surface area (Å²) in [5.41, 5.74) is 3.29. The summed E-state index contributed by atoms with van der Waals surface area (Å²) in [6.45, 7) is 0.0221. The van der Waals surface area contributed by atoms with E-state index in [1.54, 1.807) is 4.80 Å². The number of nitrogens with zero attached hydrogens (tertiary/aromatic N) is 3. The van der Waals surface area contributed by atoms with Crippen LogP contribution in [0.2, 0.25) is 0 Å². The lowest BCUT2D eigenvalue weighted by Gasteiger charge is -2.09. The first-order valence-corrected chi connectivity index (χ1v) is 6.71. The normalized spacial score (nSPS) is 12.5. The number of benzene rings is 2. The lowest BCUT2D eigenvalue weighted by Crippen LogP contribution is -2.22. The van der Waals surface area contributed by atoms with Crippen molar-refractivity contribution in [1.82, 2.24) is 15.0 Å². The molecule has 0 saturated heterocycles. The molecule has 1 atom stereocenters. The van der Waals surface area contributed by atoms with Crippen LogP contribution in [0, 0.1) is 0 Å². The van der Waals surface area contributed by atoms with E-state index in [9.17, 15) is 5.11 Å². The van der Waals surface area contributed by atoms with E-state index < -0.39 is 6.10 Å². The first-order chi connectivity index (χ1) is 10.3. The van der Waals surface area contributed by atoms with Crippen LogP contribution in [0.25, 0.3) is 16.7 Å². The van der Waals surface area contributed by atoms with Gasteiger partial charge in [-0.15, -0.1) is 10.2 Å². The maximum atomic E-state index is 9.34. The third-order valence-electron chi connectivity index (χ3n) is 3.12. The first kappa shape index (κ1) is 13.5. The third kappa shape index (κ3) is 3.01. The van der Waals surface area contributed by atoms with Gasteiger partial charge in [-0.25, -0.2) is 0 Å². The van der Waals surface area contributed by atoms with Crippen molar-refractivity contribution >= 4 is 16.7 Å². The molecule has 0 aliphatic heterocycles. The fraction of sp³-hybridized carbons (Fsp3) is 0.200. The molecule has 0 radical (unpaired) electrons. The second-order valence-corrected chi connectivity index (χ2v) is 4.75. The molecule has 6 heteroatoms. The number of hydrogen-bond donors (Lipinski definition) is 3. The zero-order valence-corrected chi connectivity index (χ0v) is 11.3. The van der Waals surface area contributed by atoms with Crippen molar-refractivity contribution in [1.29, 1.82) is 0 Å². The fourth-order valence-electron chi connectivity index (χ4n) is 2.00. The summed E-state index contributed by atoms with van der Waals surface area (Å²) in [6.07, 6.45) is -0.777. The molecule has 0 saturated carbocycles. The summed E-state index contributed by atoms with van der Waals surface area (Å²) in [5.74, 6) is 0. The lowest BCUT2D eigenvalue weighted by atomic mass is 10.2. The van der Waals surface area contributed by atoms with Gasteiger partial charge in [0.25, 0.3) is 0 Å². The molecule has 2 aromatic carbocycles. The summed E-state index contributed by atoms with van der Waals surface area (Å²) in [4.78, 5) is 1.59. The van der Waals surface area contributed by atoms with Gasteiger partial charge in [0.15, 0.2) is 0 Å². The van der Waals surface area contributed by atoms with Gasteiger partial charge in [-0.1, -0.05) is 18.2 Å². The van der Waals surface area contributed by atoms with Crippen LogP contribution in [0.15, 0.2) is 48.5 Å². The molecule has 1 unspecified atom stereocenters. The summed E-state index contributed by atoms with van der Waals surface area (Å²) in [6, 6.07) is 15.3. The monoisotopic (exact) mass is 284 g/mol. The van der Waals surface area contributed by atoms with Gasteiger partial charge in [0, 0.05) is 12.2 Å². The largest absolute Gasteiger partial charge is 0.394 e. The van der Waals surface area contributed by atoms with Crippen LogP contribution in [-0.4, -0.2) is 44.5 Å². The summed E-state index contributed by atoms with van der Waals surface area (Å²) >= 11 is 0. The Morgan fingerprint density at radius 3 is 2.57 bits per heavy atom. The molecule has 0 spiro atoms. The molecular weight excluding hydrogens is 268 g/mol. The topological polar surface area (TPSA) is 83.2 Å². The highest BCUT2D eigenvalue weighted by Gasteiger charge is 2.06. The van der Waals surface area contributed by atoms with Crippen LogP contribution < -0.4 is 5.32 Å². The van der Waals surface area contributed by atoms with Crippen molar-refractivity contribution in [3.63, 3.8) is 0 Å².